The van der Waals surface area contributed by atoms with E-state index in [0.717, 1.165) is 24.5 Å². The average Bonchev–Trinajstić information content (AvgIpc) is 3.16. The Morgan fingerprint density at radius 1 is 1.10 bits per heavy atom. The summed E-state index contributed by atoms with van der Waals surface area (Å²) < 4.78 is 1.65. The minimum Gasteiger partial charge on any atom is -0.370 e. The molecule has 3 heterocycles. The van der Waals surface area contributed by atoms with Crippen molar-refractivity contribution < 1.29 is 9.59 Å². The molecule has 2 aromatic heterocycles. The number of carbonyl (C=O) groups is 2. The molecule has 1 aromatic carbocycles. The molecule has 0 saturated carbocycles. The summed E-state index contributed by atoms with van der Waals surface area (Å²) in [6.07, 6.45) is 4.68. The highest BCUT2D eigenvalue weighted by molar-refractivity contribution is 6.06. The second-order valence-corrected chi connectivity index (χ2v) is 7.38. The molecular formula is C22H24N6O2. The Hall–Kier alpha value is -3.68. The zero-order chi connectivity index (χ0) is 21.1. The molecule has 2 amide bonds. The van der Waals surface area contributed by atoms with Crippen molar-refractivity contribution >= 4 is 23.2 Å². The van der Waals surface area contributed by atoms with E-state index in [1.807, 2.05) is 49.4 Å². The zero-order valence-corrected chi connectivity index (χ0v) is 16.8. The zero-order valence-electron chi connectivity index (χ0n) is 16.8. The highest BCUT2D eigenvalue weighted by Gasteiger charge is 2.25. The van der Waals surface area contributed by atoms with E-state index in [1.165, 1.54) is 0 Å². The van der Waals surface area contributed by atoms with Crippen LogP contribution in [0.4, 0.5) is 11.4 Å². The standard InChI is InChI=1S/C22H24N6O2/c1-15-17(14-25-28(15)20-8-4-5-11-24-20)22(30)26-18-6-2-3-7-19(18)27-12-9-16(10-13-27)21(23)29/h2-8,11,14,16H,9-10,12-13H2,1H3,(H2,23,29)(H,26,30). The number of primary amides is 1. The number of nitrogens with zero attached hydrogens (tertiary/aromatic N) is 4. The van der Waals surface area contributed by atoms with Crippen LogP contribution in [0.3, 0.4) is 0 Å². The Labute approximate surface area is 174 Å². The molecule has 0 bridgehead atoms. The van der Waals surface area contributed by atoms with Gasteiger partial charge in [-0.2, -0.15) is 5.10 Å². The molecule has 0 aliphatic carbocycles. The Morgan fingerprint density at radius 2 is 1.83 bits per heavy atom. The number of pyridine rings is 1. The van der Waals surface area contributed by atoms with Gasteiger partial charge in [0, 0.05) is 25.2 Å². The van der Waals surface area contributed by atoms with Crippen LogP contribution in [0.2, 0.25) is 0 Å². The third-order valence-electron chi connectivity index (χ3n) is 5.51. The number of rotatable bonds is 5. The first-order valence-corrected chi connectivity index (χ1v) is 9.95. The number of hydrogen-bond acceptors (Lipinski definition) is 5. The second kappa shape index (κ2) is 8.36. The van der Waals surface area contributed by atoms with Gasteiger partial charge in [-0.15, -0.1) is 0 Å². The van der Waals surface area contributed by atoms with Crippen LogP contribution >= 0.6 is 0 Å². The lowest BCUT2D eigenvalue weighted by molar-refractivity contribution is -0.122. The lowest BCUT2D eigenvalue weighted by Crippen LogP contribution is -2.38. The molecule has 154 valence electrons. The summed E-state index contributed by atoms with van der Waals surface area (Å²) in [5, 5.41) is 7.34. The van der Waals surface area contributed by atoms with Gasteiger partial charge < -0.3 is 16.0 Å². The molecule has 1 fully saturated rings. The van der Waals surface area contributed by atoms with Crippen molar-refractivity contribution in [3.8, 4) is 5.82 Å². The van der Waals surface area contributed by atoms with Gasteiger partial charge in [0.1, 0.15) is 0 Å². The van der Waals surface area contributed by atoms with Gasteiger partial charge >= 0.3 is 0 Å². The highest BCUT2D eigenvalue weighted by Crippen LogP contribution is 2.30. The summed E-state index contributed by atoms with van der Waals surface area (Å²) in [4.78, 5) is 30.9. The van der Waals surface area contributed by atoms with Crippen LogP contribution < -0.4 is 16.0 Å². The average molecular weight is 404 g/mol. The smallest absolute Gasteiger partial charge is 0.259 e. The van der Waals surface area contributed by atoms with E-state index < -0.39 is 0 Å². The molecule has 1 aliphatic rings. The fourth-order valence-corrected chi connectivity index (χ4v) is 3.79. The number of amides is 2. The number of benzene rings is 1. The quantitative estimate of drug-likeness (QED) is 0.680. The number of hydrogen-bond donors (Lipinski definition) is 2. The molecule has 30 heavy (non-hydrogen) atoms. The molecular weight excluding hydrogens is 380 g/mol. The van der Waals surface area contributed by atoms with Crippen molar-refractivity contribution in [3.63, 3.8) is 0 Å². The number of para-hydroxylation sites is 2. The lowest BCUT2D eigenvalue weighted by Gasteiger charge is -2.33. The third kappa shape index (κ3) is 3.89. The van der Waals surface area contributed by atoms with Gasteiger partial charge in [0.15, 0.2) is 5.82 Å². The van der Waals surface area contributed by atoms with Gasteiger partial charge in [0.05, 0.1) is 28.8 Å². The number of nitrogens with one attached hydrogen (secondary N) is 1. The summed E-state index contributed by atoms with van der Waals surface area (Å²) in [6.45, 7) is 3.28. The van der Waals surface area contributed by atoms with Crippen LogP contribution in [0.25, 0.3) is 5.82 Å². The predicted molar refractivity (Wildman–Crippen MR) is 115 cm³/mol. The van der Waals surface area contributed by atoms with Crippen molar-refractivity contribution in [2.45, 2.75) is 19.8 Å². The molecule has 0 radical (unpaired) electrons. The van der Waals surface area contributed by atoms with E-state index in [4.69, 9.17) is 5.73 Å². The van der Waals surface area contributed by atoms with Gasteiger partial charge in [-0.05, 0) is 44.0 Å². The normalized spacial score (nSPS) is 14.5. The third-order valence-corrected chi connectivity index (χ3v) is 5.51. The van der Waals surface area contributed by atoms with Crippen LogP contribution in [0.1, 0.15) is 28.9 Å². The van der Waals surface area contributed by atoms with Gasteiger partial charge in [-0.25, -0.2) is 9.67 Å². The Kier molecular flexibility index (Phi) is 5.47. The first-order chi connectivity index (χ1) is 14.5. The topological polar surface area (TPSA) is 106 Å². The minimum atomic E-state index is -0.239. The number of nitrogens with two attached hydrogens (primary N) is 1. The minimum absolute atomic E-state index is 0.0805. The number of piperidine rings is 1. The van der Waals surface area contributed by atoms with E-state index in [2.05, 4.69) is 20.3 Å². The number of carbonyl (C=O) groups excluding carboxylic acids is 2. The summed E-state index contributed by atoms with van der Waals surface area (Å²) in [5.74, 6) is 0.112. The van der Waals surface area contributed by atoms with Crippen molar-refractivity contribution in [2.24, 2.45) is 11.7 Å². The first-order valence-electron chi connectivity index (χ1n) is 9.95. The van der Waals surface area contributed by atoms with Crippen LogP contribution in [0.15, 0.2) is 54.9 Å². The highest BCUT2D eigenvalue weighted by atomic mass is 16.2. The van der Waals surface area contributed by atoms with Crippen molar-refractivity contribution in [3.05, 3.63) is 66.1 Å². The van der Waals surface area contributed by atoms with E-state index in [1.54, 1.807) is 17.1 Å². The second-order valence-electron chi connectivity index (χ2n) is 7.38. The van der Waals surface area contributed by atoms with Crippen LogP contribution in [-0.2, 0) is 4.79 Å². The Morgan fingerprint density at radius 3 is 2.53 bits per heavy atom. The Bertz CT molecular complexity index is 1050. The SMILES string of the molecule is Cc1c(C(=O)Nc2ccccc2N2CCC(C(N)=O)CC2)cnn1-c1ccccn1. The number of aromatic nitrogens is 3. The molecule has 8 nitrogen and oxygen atoms in total. The summed E-state index contributed by atoms with van der Waals surface area (Å²) >= 11 is 0. The summed E-state index contributed by atoms with van der Waals surface area (Å²) in [5.41, 5.74) is 8.31. The fraction of sp³-hybridized carbons (Fsp3) is 0.273. The van der Waals surface area contributed by atoms with Gasteiger partial charge in [-0.3, -0.25) is 9.59 Å². The summed E-state index contributed by atoms with van der Waals surface area (Å²) in [7, 11) is 0. The van der Waals surface area contributed by atoms with Gasteiger partial charge in [0.25, 0.3) is 5.91 Å². The maximum absolute atomic E-state index is 13.0. The molecule has 3 aromatic rings. The molecule has 0 atom stereocenters. The monoisotopic (exact) mass is 404 g/mol. The molecule has 3 N–H and O–H groups in total. The van der Waals surface area contributed by atoms with Gasteiger partial charge in [0.2, 0.25) is 5.91 Å². The van der Waals surface area contributed by atoms with E-state index in [0.29, 0.717) is 29.9 Å². The van der Waals surface area contributed by atoms with E-state index in [9.17, 15) is 9.59 Å². The van der Waals surface area contributed by atoms with Crippen LogP contribution in [0.5, 0.6) is 0 Å². The number of anilines is 2. The maximum atomic E-state index is 13.0. The maximum Gasteiger partial charge on any atom is 0.259 e. The van der Waals surface area contributed by atoms with Crippen LogP contribution in [-0.4, -0.2) is 39.7 Å². The Balaban J connectivity index is 1.53. The van der Waals surface area contributed by atoms with Crippen LogP contribution in [0, 0.1) is 12.8 Å². The van der Waals surface area contributed by atoms with E-state index >= 15 is 0 Å². The van der Waals surface area contributed by atoms with Crippen molar-refractivity contribution in [2.75, 3.05) is 23.3 Å². The fourth-order valence-electron chi connectivity index (χ4n) is 3.79. The predicted octanol–water partition coefficient (Wildman–Crippen LogP) is 2.53. The van der Waals surface area contributed by atoms with Crippen molar-refractivity contribution in [1.29, 1.82) is 0 Å². The first kappa shape index (κ1) is 19.6. The van der Waals surface area contributed by atoms with E-state index in [-0.39, 0.29) is 17.7 Å². The molecule has 1 saturated heterocycles. The van der Waals surface area contributed by atoms with Gasteiger partial charge in [-0.1, -0.05) is 18.2 Å². The molecule has 8 heteroatoms. The molecule has 0 spiro atoms. The van der Waals surface area contributed by atoms with Crippen molar-refractivity contribution in [1.82, 2.24) is 14.8 Å². The summed E-state index contributed by atoms with van der Waals surface area (Å²) in [6, 6.07) is 13.2. The molecule has 4 rings (SSSR count). The lowest BCUT2D eigenvalue weighted by atomic mass is 9.96. The molecule has 0 unspecified atom stereocenters. The largest absolute Gasteiger partial charge is 0.370 e. The molecule has 1 aliphatic heterocycles.